The lowest BCUT2D eigenvalue weighted by Gasteiger charge is -2.30. The molecule has 0 radical (unpaired) electrons. The highest BCUT2D eigenvalue weighted by molar-refractivity contribution is 5.73. The number of hydrogen-bond donors (Lipinski definition) is 2. The molecule has 2 amide bonds. The molecule has 1 saturated heterocycles. The molecule has 2 rings (SSSR count). The van der Waals surface area contributed by atoms with Crippen LogP contribution < -0.4 is 10.6 Å². The average Bonchev–Trinajstić information content (AvgIpc) is 2.54. The summed E-state index contributed by atoms with van der Waals surface area (Å²) in [6.07, 6.45) is 4.80. The fourth-order valence-corrected chi connectivity index (χ4v) is 3.07. The number of nitrogens with one attached hydrogen (secondary N) is 2. The number of nitrogens with zero attached hydrogens (tertiary/aromatic N) is 1. The molecule has 1 aliphatic heterocycles. The number of unbranched alkanes of at least 4 members (excludes halogenated alkanes) is 1. The number of piperidine rings is 1. The van der Waals surface area contributed by atoms with Gasteiger partial charge in [0.05, 0.1) is 0 Å². The molecule has 1 aliphatic rings. The maximum Gasteiger partial charge on any atom is 0.315 e. The van der Waals surface area contributed by atoms with Gasteiger partial charge in [-0.15, -0.1) is 0 Å². The number of amides is 2. The second kappa shape index (κ2) is 9.56. The van der Waals surface area contributed by atoms with Crippen LogP contribution in [0, 0.1) is 5.92 Å². The Balaban J connectivity index is 1.72. The SMILES string of the molecule is CCCCNC(=O)NCc1ccc(CN2CCCC(C)C2)cc1. The first-order valence-corrected chi connectivity index (χ1v) is 8.99. The Bertz CT molecular complexity index is 472. The van der Waals surface area contributed by atoms with Gasteiger partial charge in [-0.2, -0.15) is 0 Å². The molecule has 4 nitrogen and oxygen atoms in total. The van der Waals surface area contributed by atoms with E-state index in [1.165, 1.54) is 31.5 Å². The molecule has 0 aromatic heterocycles. The van der Waals surface area contributed by atoms with Gasteiger partial charge in [-0.25, -0.2) is 4.79 Å². The lowest BCUT2D eigenvalue weighted by Crippen LogP contribution is -2.35. The number of rotatable bonds is 7. The zero-order chi connectivity index (χ0) is 16.5. The largest absolute Gasteiger partial charge is 0.338 e. The van der Waals surface area contributed by atoms with Crippen molar-refractivity contribution in [1.29, 1.82) is 0 Å². The van der Waals surface area contributed by atoms with Gasteiger partial charge in [0.1, 0.15) is 0 Å². The quantitative estimate of drug-likeness (QED) is 0.756. The number of urea groups is 1. The first-order valence-electron chi connectivity index (χ1n) is 8.99. The topological polar surface area (TPSA) is 44.4 Å². The highest BCUT2D eigenvalue weighted by Gasteiger charge is 2.16. The Hall–Kier alpha value is -1.55. The predicted molar refractivity (Wildman–Crippen MR) is 95.3 cm³/mol. The first kappa shape index (κ1) is 17.8. The standard InChI is InChI=1S/C19H31N3O/c1-3-4-11-20-19(23)21-13-17-7-9-18(10-8-17)15-22-12-5-6-16(2)14-22/h7-10,16H,3-6,11-15H2,1-2H3,(H2,20,21,23). The van der Waals surface area contributed by atoms with Gasteiger partial charge >= 0.3 is 6.03 Å². The zero-order valence-corrected chi connectivity index (χ0v) is 14.6. The highest BCUT2D eigenvalue weighted by atomic mass is 16.2. The van der Waals surface area contributed by atoms with E-state index in [0.717, 1.165) is 37.4 Å². The molecule has 1 fully saturated rings. The van der Waals surface area contributed by atoms with E-state index in [9.17, 15) is 4.79 Å². The molecular formula is C19H31N3O. The molecule has 4 heteroatoms. The Morgan fingerprint density at radius 1 is 1.22 bits per heavy atom. The summed E-state index contributed by atoms with van der Waals surface area (Å²) in [6, 6.07) is 8.53. The van der Waals surface area contributed by atoms with Crippen LogP contribution in [0.5, 0.6) is 0 Å². The molecule has 0 aliphatic carbocycles. The van der Waals surface area contributed by atoms with E-state index in [1.807, 2.05) is 0 Å². The van der Waals surface area contributed by atoms with Gasteiger partial charge in [0.15, 0.2) is 0 Å². The fourth-order valence-electron chi connectivity index (χ4n) is 3.07. The van der Waals surface area contributed by atoms with E-state index in [1.54, 1.807) is 0 Å². The minimum absolute atomic E-state index is 0.0789. The van der Waals surface area contributed by atoms with Crippen molar-refractivity contribution in [1.82, 2.24) is 15.5 Å². The van der Waals surface area contributed by atoms with E-state index >= 15 is 0 Å². The van der Waals surface area contributed by atoms with Gasteiger partial charge < -0.3 is 10.6 Å². The number of likely N-dealkylation sites (tertiary alicyclic amines) is 1. The molecule has 2 N–H and O–H groups in total. The van der Waals surface area contributed by atoms with Crippen molar-refractivity contribution in [2.45, 2.75) is 52.6 Å². The Morgan fingerprint density at radius 2 is 1.96 bits per heavy atom. The smallest absolute Gasteiger partial charge is 0.315 e. The maximum absolute atomic E-state index is 11.6. The normalized spacial score (nSPS) is 18.6. The Kier molecular flexibility index (Phi) is 7.40. The first-order chi connectivity index (χ1) is 11.2. The number of carbonyl (C=O) groups excluding carboxylic acids is 1. The van der Waals surface area contributed by atoms with E-state index < -0.39 is 0 Å². The van der Waals surface area contributed by atoms with Gasteiger partial charge in [-0.05, 0) is 42.9 Å². The van der Waals surface area contributed by atoms with Crippen molar-refractivity contribution in [3.8, 4) is 0 Å². The van der Waals surface area contributed by atoms with Crippen LogP contribution in [0.4, 0.5) is 4.79 Å². The van der Waals surface area contributed by atoms with Crippen LogP contribution >= 0.6 is 0 Å². The Labute approximate surface area is 140 Å². The lowest BCUT2D eigenvalue weighted by atomic mass is 9.99. The van der Waals surface area contributed by atoms with Crippen LogP contribution in [0.1, 0.15) is 50.7 Å². The highest BCUT2D eigenvalue weighted by Crippen LogP contribution is 2.18. The second-order valence-electron chi connectivity index (χ2n) is 6.76. The van der Waals surface area contributed by atoms with Crippen LogP contribution in [0.25, 0.3) is 0 Å². The third-order valence-corrected chi connectivity index (χ3v) is 4.44. The predicted octanol–water partition coefficient (Wildman–Crippen LogP) is 3.52. The number of hydrogen-bond acceptors (Lipinski definition) is 2. The summed E-state index contributed by atoms with van der Waals surface area (Å²) in [5.74, 6) is 0.818. The molecule has 1 aromatic rings. The molecule has 0 saturated carbocycles. The Morgan fingerprint density at radius 3 is 2.65 bits per heavy atom. The molecule has 128 valence electrons. The van der Waals surface area contributed by atoms with Crippen LogP contribution in [-0.2, 0) is 13.1 Å². The van der Waals surface area contributed by atoms with Crippen LogP contribution in [0.2, 0.25) is 0 Å². The van der Waals surface area contributed by atoms with Crippen molar-refractivity contribution in [2.24, 2.45) is 5.92 Å². The minimum Gasteiger partial charge on any atom is -0.338 e. The van der Waals surface area contributed by atoms with Crippen molar-refractivity contribution >= 4 is 6.03 Å². The van der Waals surface area contributed by atoms with Gasteiger partial charge in [0.2, 0.25) is 0 Å². The summed E-state index contributed by atoms with van der Waals surface area (Å²) in [4.78, 5) is 14.2. The van der Waals surface area contributed by atoms with Gasteiger partial charge in [0.25, 0.3) is 0 Å². The van der Waals surface area contributed by atoms with Crippen molar-refractivity contribution in [2.75, 3.05) is 19.6 Å². The van der Waals surface area contributed by atoms with Crippen LogP contribution in [0.15, 0.2) is 24.3 Å². The van der Waals surface area contributed by atoms with E-state index in [2.05, 4.69) is 53.6 Å². The summed E-state index contributed by atoms with van der Waals surface area (Å²) in [6.45, 7) is 9.25. The third kappa shape index (κ3) is 6.61. The molecule has 0 bridgehead atoms. The lowest BCUT2D eigenvalue weighted by molar-refractivity contribution is 0.176. The van der Waals surface area contributed by atoms with Crippen LogP contribution in [0.3, 0.4) is 0 Å². The fraction of sp³-hybridized carbons (Fsp3) is 0.632. The van der Waals surface area contributed by atoms with Gasteiger partial charge in [0, 0.05) is 26.2 Å². The van der Waals surface area contributed by atoms with Crippen molar-refractivity contribution in [3.63, 3.8) is 0 Å². The molecule has 1 heterocycles. The zero-order valence-electron chi connectivity index (χ0n) is 14.6. The summed E-state index contributed by atoms with van der Waals surface area (Å²) in [5, 5.41) is 5.77. The molecular weight excluding hydrogens is 286 g/mol. The van der Waals surface area contributed by atoms with E-state index in [4.69, 9.17) is 0 Å². The van der Waals surface area contributed by atoms with Gasteiger partial charge in [-0.1, -0.05) is 44.5 Å². The van der Waals surface area contributed by atoms with E-state index in [0.29, 0.717) is 6.54 Å². The third-order valence-electron chi connectivity index (χ3n) is 4.44. The van der Waals surface area contributed by atoms with Gasteiger partial charge in [-0.3, -0.25) is 4.90 Å². The minimum atomic E-state index is -0.0789. The average molecular weight is 317 g/mol. The summed E-state index contributed by atoms with van der Waals surface area (Å²) in [7, 11) is 0. The number of carbonyl (C=O) groups is 1. The monoisotopic (exact) mass is 317 g/mol. The molecule has 23 heavy (non-hydrogen) atoms. The maximum atomic E-state index is 11.6. The molecule has 0 spiro atoms. The van der Waals surface area contributed by atoms with Crippen molar-refractivity contribution < 1.29 is 4.79 Å². The molecule has 1 aromatic carbocycles. The summed E-state index contributed by atoms with van der Waals surface area (Å²) in [5.41, 5.74) is 2.50. The summed E-state index contributed by atoms with van der Waals surface area (Å²) < 4.78 is 0. The van der Waals surface area contributed by atoms with Crippen LogP contribution in [-0.4, -0.2) is 30.6 Å². The van der Waals surface area contributed by atoms with Crippen molar-refractivity contribution in [3.05, 3.63) is 35.4 Å². The molecule has 1 unspecified atom stereocenters. The summed E-state index contributed by atoms with van der Waals surface area (Å²) >= 11 is 0. The van der Waals surface area contributed by atoms with E-state index in [-0.39, 0.29) is 6.03 Å². The number of benzene rings is 1. The second-order valence-corrected chi connectivity index (χ2v) is 6.76. The molecule has 1 atom stereocenters.